The van der Waals surface area contributed by atoms with E-state index in [4.69, 9.17) is 37.9 Å². The summed E-state index contributed by atoms with van der Waals surface area (Å²) in [7, 11) is 0. The van der Waals surface area contributed by atoms with Gasteiger partial charge in [0.2, 0.25) is 0 Å². The first-order valence-corrected chi connectivity index (χ1v) is 16.6. The van der Waals surface area contributed by atoms with Crippen molar-refractivity contribution in [3.63, 3.8) is 0 Å². The largest absolute Gasteiger partial charge is 0.493 e. The molecule has 3 saturated heterocycles. The van der Waals surface area contributed by atoms with Gasteiger partial charge in [-0.3, -0.25) is 0 Å². The third kappa shape index (κ3) is 8.07. The Morgan fingerprint density at radius 2 is 1.06 bits per heavy atom. The molecule has 0 unspecified atom stereocenters. The van der Waals surface area contributed by atoms with E-state index in [0.717, 1.165) is 12.8 Å². The molecule has 0 amide bonds. The molecule has 0 aromatic heterocycles. The number of carbonyl (C=O) groups excluding carboxylic acids is 3. The zero-order valence-electron chi connectivity index (χ0n) is 28.1. The second-order valence-corrected chi connectivity index (χ2v) is 13.6. The molecule has 0 bridgehead atoms. The summed E-state index contributed by atoms with van der Waals surface area (Å²) in [5.41, 5.74) is 0.237. The van der Waals surface area contributed by atoms with Gasteiger partial charge in [0.15, 0.2) is 0 Å². The highest BCUT2D eigenvalue weighted by Crippen LogP contribution is 2.34. The Morgan fingerprint density at radius 3 is 1.49 bits per heavy atom. The summed E-state index contributed by atoms with van der Waals surface area (Å²) in [6.07, 6.45) is 1.91. The maximum absolute atomic E-state index is 13.3. The van der Waals surface area contributed by atoms with Crippen molar-refractivity contribution in [2.24, 2.45) is 16.2 Å². The van der Waals surface area contributed by atoms with Crippen LogP contribution in [0.1, 0.15) is 64.7 Å². The van der Waals surface area contributed by atoms with Gasteiger partial charge in [0.25, 0.3) is 0 Å². The Morgan fingerprint density at radius 1 is 0.592 bits per heavy atom. The van der Waals surface area contributed by atoms with Crippen LogP contribution in [0.4, 0.5) is 0 Å². The SMILES string of the molecule is CCC1(COc2ccc(C(=O)Oc3ccc(OC(=O)c4ccc(OCC5(CC)COC5)cc4)c(C(=O)OCC4(C)COC4)c3)cc2)COC1. The smallest absolute Gasteiger partial charge is 0.343 e. The minimum absolute atomic E-state index is 0.0231. The standard InChI is InChI=1S/C38H42O11/c1-4-37(20-43-21-37)24-45-28-10-6-26(7-11-28)33(39)48-30-14-15-32(31(16-30)35(41)47-19-36(3)17-42-18-36)49-34(40)27-8-12-29(13-9-27)46-25-38(5-2)22-44-23-38/h6-16H,4-5,17-25H2,1-3H3. The number of ether oxygens (including phenoxy) is 8. The van der Waals surface area contributed by atoms with Crippen LogP contribution in [0.5, 0.6) is 23.0 Å². The fourth-order valence-corrected chi connectivity index (χ4v) is 5.41. The summed E-state index contributed by atoms with van der Waals surface area (Å²) in [4.78, 5) is 39.5. The maximum atomic E-state index is 13.3. The quantitative estimate of drug-likeness (QED) is 0.141. The third-order valence-corrected chi connectivity index (χ3v) is 9.44. The van der Waals surface area contributed by atoms with Crippen molar-refractivity contribution in [3.05, 3.63) is 83.4 Å². The average Bonchev–Trinajstić information content (AvgIpc) is 3.07. The topological polar surface area (TPSA) is 125 Å². The van der Waals surface area contributed by atoms with E-state index < -0.39 is 17.9 Å². The minimum Gasteiger partial charge on any atom is -0.493 e. The molecule has 0 aliphatic carbocycles. The summed E-state index contributed by atoms with van der Waals surface area (Å²) < 4.78 is 44.7. The normalized spacial score (nSPS) is 18.1. The van der Waals surface area contributed by atoms with E-state index in [0.29, 0.717) is 69.9 Å². The van der Waals surface area contributed by atoms with Gasteiger partial charge in [-0.2, -0.15) is 0 Å². The maximum Gasteiger partial charge on any atom is 0.343 e. The van der Waals surface area contributed by atoms with Crippen molar-refractivity contribution in [3.8, 4) is 23.0 Å². The Kier molecular flexibility index (Phi) is 10.2. The molecule has 3 aliphatic rings. The molecule has 0 atom stereocenters. The van der Waals surface area contributed by atoms with Gasteiger partial charge in [-0.15, -0.1) is 0 Å². The summed E-state index contributed by atoms with van der Waals surface area (Å²) >= 11 is 0. The van der Waals surface area contributed by atoms with E-state index in [1.807, 2.05) is 6.92 Å². The molecule has 3 fully saturated rings. The highest BCUT2D eigenvalue weighted by molar-refractivity contribution is 5.97. The lowest BCUT2D eigenvalue weighted by Crippen LogP contribution is -2.46. The molecule has 6 rings (SSSR count). The zero-order valence-corrected chi connectivity index (χ0v) is 28.1. The van der Waals surface area contributed by atoms with Crippen molar-refractivity contribution in [1.29, 1.82) is 0 Å². The Balaban J connectivity index is 1.12. The average molecular weight is 675 g/mol. The molecule has 0 N–H and O–H groups in total. The number of esters is 3. The molecule has 3 heterocycles. The van der Waals surface area contributed by atoms with Crippen LogP contribution in [-0.4, -0.2) is 77.4 Å². The van der Waals surface area contributed by atoms with Crippen LogP contribution < -0.4 is 18.9 Å². The minimum atomic E-state index is -0.731. The van der Waals surface area contributed by atoms with E-state index >= 15 is 0 Å². The number of rotatable bonds is 15. The van der Waals surface area contributed by atoms with Gasteiger partial charge in [0, 0.05) is 5.41 Å². The summed E-state index contributed by atoms with van der Waals surface area (Å²) in [5.74, 6) is -0.754. The molecule has 0 spiro atoms. The van der Waals surface area contributed by atoms with E-state index in [9.17, 15) is 14.4 Å². The second-order valence-electron chi connectivity index (χ2n) is 13.6. The predicted molar refractivity (Wildman–Crippen MR) is 177 cm³/mol. The van der Waals surface area contributed by atoms with Crippen molar-refractivity contribution in [2.45, 2.75) is 33.6 Å². The molecule has 3 aromatic rings. The number of hydrogen-bond acceptors (Lipinski definition) is 11. The van der Waals surface area contributed by atoms with Gasteiger partial charge >= 0.3 is 17.9 Å². The first kappa shape index (κ1) is 34.4. The van der Waals surface area contributed by atoms with Gasteiger partial charge in [-0.25, -0.2) is 14.4 Å². The van der Waals surface area contributed by atoms with Gasteiger partial charge in [0.05, 0.1) is 74.8 Å². The molecule has 260 valence electrons. The number of benzene rings is 3. The lowest BCUT2D eigenvalue weighted by atomic mass is 9.84. The predicted octanol–water partition coefficient (Wildman–Crippen LogP) is 5.93. The van der Waals surface area contributed by atoms with Crippen LogP contribution in [0.3, 0.4) is 0 Å². The molecule has 11 heteroatoms. The van der Waals surface area contributed by atoms with Crippen LogP contribution in [0, 0.1) is 16.2 Å². The molecule has 0 saturated carbocycles. The van der Waals surface area contributed by atoms with Gasteiger partial charge in [0.1, 0.15) is 35.2 Å². The van der Waals surface area contributed by atoms with E-state index in [2.05, 4.69) is 13.8 Å². The van der Waals surface area contributed by atoms with Crippen LogP contribution >= 0.6 is 0 Å². The number of hydrogen-bond donors (Lipinski definition) is 0. The van der Waals surface area contributed by atoms with E-state index in [-0.39, 0.29) is 45.5 Å². The zero-order chi connectivity index (χ0) is 34.5. The van der Waals surface area contributed by atoms with Crippen molar-refractivity contribution in [1.82, 2.24) is 0 Å². The Labute approximate surface area is 285 Å². The fraction of sp³-hybridized carbons (Fsp3) is 0.447. The van der Waals surface area contributed by atoms with Crippen molar-refractivity contribution in [2.75, 3.05) is 59.5 Å². The first-order chi connectivity index (χ1) is 23.6. The molecule has 3 aliphatic heterocycles. The van der Waals surface area contributed by atoms with E-state index in [1.165, 1.54) is 18.2 Å². The van der Waals surface area contributed by atoms with Crippen LogP contribution in [0.15, 0.2) is 66.7 Å². The highest BCUT2D eigenvalue weighted by Gasteiger charge is 2.39. The van der Waals surface area contributed by atoms with Gasteiger partial charge in [-0.1, -0.05) is 20.8 Å². The van der Waals surface area contributed by atoms with Crippen LogP contribution in [-0.2, 0) is 18.9 Å². The molecule has 0 radical (unpaired) electrons. The molecular formula is C38H42O11. The third-order valence-electron chi connectivity index (χ3n) is 9.44. The molecule has 3 aromatic carbocycles. The Bertz CT molecular complexity index is 1620. The van der Waals surface area contributed by atoms with Crippen molar-refractivity contribution >= 4 is 17.9 Å². The first-order valence-electron chi connectivity index (χ1n) is 16.6. The summed E-state index contributed by atoms with van der Waals surface area (Å²) in [5, 5.41) is 0. The highest BCUT2D eigenvalue weighted by atomic mass is 16.6. The van der Waals surface area contributed by atoms with Gasteiger partial charge < -0.3 is 37.9 Å². The second kappa shape index (κ2) is 14.6. The Hall–Kier alpha value is -4.45. The summed E-state index contributed by atoms with van der Waals surface area (Å²) in [6.45, 7) is 10.9. The number of carbonyl (C=O) groups is 3. The summed E-state index contributed by atoms with van der Waals surface area (Å²) in [6, 6.07) is 17.4. The fourth-order valence-electron chi connectivity index (χ4n) is 5.41. The molecule has 49 heavy (non-hydrogen) atoms. The van der Waals surface area contributed by atoms with E-state index in [1.54, 1.807) is 48.5 Å². The molecule has 11 nitrogen and oxygen atoms in total. The van der Waals surface area contributed by atoms with Gasteiger partial charge in [-0.05, 0) is 79.6 Å². The van der Waals surface area contributed by atoms with Crippen LogP contribution in [0.25, 0.3) is 0 Å². The molecular weight excluding hydrogens is 632 g/mol. The monoisotopic (exact) mass is 674 g/mol. The van der Waals surface area contributed by atoms with Crippen LogP contribution in [0.2, 0.25) is 0 Å². The van der Waals surface area contributed by atoms with Crippen molar-refractivity contribution < 1.29 is 52.3 Å². The lowest BCUT2D eigenvalue weighted by molar-refractivity contribution is -0.133. The lowest BCUT2D eigenvalue weighted by Gasteiger charge is -2.40.